The zero-order valence-corrected chi connectivity index (χ0v) is 13.8. The molecule has 0 saturated carbocycles. The van der Waals surface area contributed by atoms with Gasteiger partial charge < -0.3 is 9.64 Å². The summed E-state index contributed by atoms with van der Waals surface area (Å²) in [7, 11) is 3.82. The summed E-state index contributed by atoms with van der Waals surface area (Å²) in [5.41, 5.74) is 0.274. The molecule has 0 N–H and O–H groups in total. The molecular weight excluding hydrogens is 278 g/mol. The van der Waals surface area contributed by atoms with Gasteiger partial charge >= 0.3 is 0 Å². The average Bonchev–Trinajstić information content (AvgIpc) is 2.66. The van der Waals surface area contributed by atoms with Crippen molar-refractivity contribution in [1.82, 2.24) is 13.5 Å². The molecule has 0 bridgehead atoms. The largest absolute Gasteiger partial charge is 0.383 e. The molecule has 1 atom stereocenters. The van der Waals surface area contributed by atoms with Crippen LogP contribution in [-0.4, -0.2) is 82.5 Å². The lowest BCUT2D eigenvalue weighted by molar-refractivity contribution is 0.129. The number of piperidine rings is 1. The molecule has 7 heteroatoms. The van der Waals surface area contributed by atoms with E-state index in [4.69, 9.17) is 4.74 Å². The fourth-order valence-corrected chi connectivity index (χ4v) is 4.65. The Morgan fingerprint density at radius 3 is 2.40 bits per heavy atom. The number of likely N-dealkylation sites (N-methyl/N-ethyl adjacent to an activating group) is 1. The van der Waals surface area contributed by atoms with E-state index in [2.05, 4.69) is 11.9 Å². The molecule has 0 amide bonds. The Balaban J connectivity index is 1.98. The van der Waals surface area contributed by atoms with Crippen LogP contribution in [0.5, 0.6) is 0 Å². The number of hydrogen-bond acceptors (Lipinski definition) is 4. The first kappa shape index (κ1) is 16.2. The van der Waals surface area contributed by atoms with Gasteiger partial charge in [0.05, 0.1) is 6.61 Å². The van der Waals surface area contributed by atoms with Crippen LogP contribution >= 0.6 is 0 Å². The van der Waals surface area contributed by atoms with E-state index in [-0.39, 0.29) is 5.41 Å². The maximum atomic E-state index is 12.1. The van der Waals surface area contributed by atoms with Gasteiger partial charge in [0.15, 0.2) is 0 Å². The Morgan fingerprint density at radius 1 is 1.30 bits per heavy atom. The van der Waals surface area contributed by atoms with Gasteiger partial charge in [-0.2, -0.15) is 17.0 Å². The number of methoxy groups -OCH3 is 1. The van der Waals surface area contributed by atoms with Gasteiger partial charge in [-0.15, -0.1) is 0 Å². The van der Waals surface area contributed by atoms with Crippen LogP contribution in [0.25, 0.3) is 0 Å². The summed E-state index contributed by atoms with van der Waals surface area (Å²) in [6.07, 6.45) is 3.02. The van der Waals surface area contributed by atoms with E-state index in [1.807, 2.05) is 0 Å². The van der Waals surface area contributed by atoms with Gasteiger partial charge in [0.25, 0.3) is 10.2 Å². The van der Waals surface area contributed by atoms with Crippen molar-refractivity contribution in [2.75, 3.05) is 54.5 Å². The number of rotatable bonds is 4. The van der Waals surface area contributed by atoms with Crippen LogP contribution in [0.2, 0.25) is 0 Å². The summed E-state index contributed by atoms with van der Waals surface area (Å²) in [6.45, 7) is 3.08. The Morgan fingerprint density at radius 2 is 1.90 bits per heavy atom. The molecule has 0 radical (unpaired) electrons. The lowest BCUT2D eigenvalue weighted by Crippen LogP contribution is -2.47. The van der Waals surface area contributed by atoms with E-state index in [0.29, 0.717) is 19.1 Å². The van der Waals surface area contributed by atoms with E-state index in [1.165, 1.54) is 4.31 Å². The molecule has 2 saturated heterocycles. The summed E-state index contributed by atoms with van der Waals surface area (Å²) in [4.78, 5) is 2.36. The number of hydrogen-bond donors (Lipinski definition) is 0. The molecule has 1 spiro atoms. The van der Waals surface area contributed by atoms with Crippen LogP contribution < -0.4 is 0 Å². The molecule has 0 aromatic rings. The molecular formula is C13H27N3O3S. The second-order valence-corrected chi connectivity index (χ2v) is 8.56. The van der Waals surface area contributed by atoms with Crippen molar-refractivity contribution in [3.63, 3.8) is 0 Å². The predicted molar refractivity (Wildman–Crippen MR) is 78.8 cm³/mol. The van der Waals surface area contributed by atoms with Crippen molar-refractivity contribution >= 4 is 10.2 Å². The van der Waals surface area contributed by atoms with E-state index < -0.39 is 10.2 Å². The van der Waals surface area contributed by atoms with Gasteiger partial charge in [0.1, 0.15) is 0 Å². The number of ether oxygens (including phenoxy) is 1. The van der Waals surface area contributed by atoms with Crippen LogP contribution in [0, 0.1) is 5.41 Å². The number of nitrogens with zero attached hydrogens (tertiary/aromatic N) is 3. The monoisotopic (exact) mass is 305 g/mol. The first-order chi connectivity index (χ1) is 9.31. The van der Waals surface area contributed by atoms with Crippen LogP contribution in [-0.2, 0) is 14.9 Å². The van der Waals surface area contributed by atoms with E-state index in [0.717, 1.165) is 32.4 Å². The van der Waals surface area contributed by atoms with Gasteiger partial charge in [-0.3, -0.25) is 0 Å². The molecule has 2 rings (SSSR count). The summed E-state index contributed by atoms with van der Waals surface area (Å²) >= 11 is 0. The Bertz CT molecular complexity index is 430. The topological polar surface area (TPSA) is 53.1 Å². The standard InChI is InChI=1S/C13H27N3O3S/c1-14(2)20(17,18)16-7-5-13(6-8-16)9-12(10-19-4)15(3)11-13/h12H,5-11H2,1-4H3/t12-/m0/s1. The van der Waals surface area contributed by atoms with Gasteiger partial charge in [-0.05, 0) is 31.7 Å². The minimum absolute atomic E-state index is 0.274. The van der Waals surface area contributed by atoms with Crippen molar-refractivity contribution in [3.8, 4) is 0 Å². The summed E-state index contributed by atoms with van der Waals surface area (Å²) < 4.78 is 32.5. The third kappa shape index (κ3) is 3.01. The summed E-state index contributed by atoms with van der Waals surface area (Å²) in [5.74, 6) is 0. The van der Waals surface area contributed by atoms with Crippen molar-refractivity contribution in [2.45, 2.75) is 25.3 Å². The Kier molecular flexibility index (Phi) is 4.76. The molecule has 20 heavy (non-hydrogen) atoms. The van der Waals surface area contributed by atoms with Gasteiger partial charge in [0, 0.05) is 46.9 Å². The first-order valence-electron chi connectivity index (χ1n) is 7.17. The molecule has 0 aromatic heterocycles. The van der Waals surface area contributed by atoms with E-state index in [9.17, 15) is 8.42 Å². The third-order valence-electron chi connectivity index (χ3n) is 4.81. The molecule has 6 nitrogen and oxygen atoms in total. The fraction of sp³-hybridized carbons (Fsp3) is 1.00. The predicted octanol–water partition coefficient (Wildman–Crippen LogP) is 0.226. The first-order valence-corrected chi connectivity index (χ1v) is 8.57. The van der Waals surface area contributed by atoms with E-state index >= 15 is 0 Å². The van der Waals surface area contributed by atoms with Crippen molar-refractivity contribution in [3.05, 3.63) is 0 Å². The quantitative estimate of drug-likeness (QED) is 0.746. The van der Waals surface area contributed by atoms with Crippen molar-refractivity contribution in [2.24, 2.45) is 5.41 Å². The molecule has 0 aliphatic carbocycles. The summed E-state index contributed by atoms with van der Waals surface area (Å²) in [5, 5.41) is 0. The molecule has 2 fully saturated rings. The van der Waals surface area contributed by atoms with Gasteiger partial charge in [-0.25, -0.2) is 0 Å². The minimum atomic E-state index is -3.26. The van der Waals surface area contributed by atoms with Crippen LogP contribution in [0.3, 0.4) is 0 Å². The zero-order valence-electron chi connectivity index (χ0n) is 13.0. The van der Waals surface area contributed by atoms with Crippen LogP contribution in [0.4, 0.5) is 0 Å². The SMILES string of the molecule is COC[C@@H]1CC2(CCN(S(=O)(=O)N(C)C)CC2)CN1C. The molecule has 0 aromatic carbocycles. The number of likely N-dealkylation sites (tertiary alicyclic amines) is 1. The Hall–Kier alpha value is -0.210. The van der Waals surface area contributed by atoms with Gasteiger partial charge in [-0.1, -0.05) is 0 Å². The molecule has 118 valence electrons. The summed E-state index contributed by atoms with van der Waals surface area (Å²) in [6, 6.07) is 0.469. The molecule has 2 aliphatic heterocycles. The fourth-order valence-electron chi connectivity index (χ4n) is 3.54. The smallest absolute Gasteiger partial charge is 0.281 e. The highest BCUT2D eigenvalue weighted by atomic mass is 32.2. The second kappa shape index (κ2) is 5.88. The lowest BCUT2D eigenvalue weighted by Gasteiger charge is -2.39. The van der Waals surface area contributed by atoms with E-state index in [1.54, 1.807) is 25.5 Å². The molecule has 2 aliphatic rings. The molecule has 0 unspecified atom stereocenters. The van der Waals surface area contributed by atoms with Crippen LogP contribution in [0.1, 0.15) is 19.3 Å². The highest BCUT2D eigenvalue weighted by molar-refractivity contribution is 7.86. The highest BCUT2D eigenvalue weighted by Gasteiger charge is 2.45. The maximum Gasteiger partial charge on any atom is 0.281 e. The zero-order chi connectivity index (χ0) is 15.0. The Labute approximate surface area is 122 Å². The lowest BCUT2D eigenvalue weighted by atomic mass is 9.77. The normalized spacial score (nSPS) is 28.6. The van der Waals surface area contributed by atoms with Crippen molar-refractivity contribution < 1.29 is 13.2 Å². The highest BCUT2D eigenvalue weighted by Crippen LogP contribution is 2.43. The van der Waals surface area contributed by atoms with Crippen molar-refractivity contribution in [1.29, 1.82) is 0 Å². The maximum absolute atomic E-state index is 12.1. The van der Waals surface area contributed by atoms with Gasteiger partial charge in [0.2, 0.25) is 0 Å². The minimum Gasteiger partial charge on any atom is -0.383 e. The van der Waals surface area contributed by atoms with Crippen LogP contribution in [0.15, 0.2) is 0 Å². The average molecular weight is 305 g/mol. The second-order valence-electron chi connectivity index (χ2n) is 6.42. The third-order valence-corrected chi connectivity index (χ3v) is 6.75. The molecule has 2 heterocycles.